The van der Waals surface area contributed by atoms with Crippen LogP contribution in [-0.4, -0.2) is 30.4 Å². The zero-order valence-electron chi connectivity index (χ0n) is 14.5. The van der Waals surface area contributed by atoms with Crippen LogP contribution >= 0.6 is 11.6 Å². The van der Waals surface area contributed by atoms with Crippen molar-refractivity contribution in [1.82, 2.24) is 5.32 Å². The third kappa shape index (κ3) is 3.92. The quantitative estimate of drug-likeness (QED) is 0.806. The summed E-state index contributed by atoms with van der Waals surface area (Å²) < 4.78 is 0. The summed E-state index contributed by atoms with van der Waals surface area (Å²) in [5.74, 6) is -0.724. The van der Waals surface area contributed by atoms with E-state index in [-0.39, 0.29) is 5.91 Å². The molecule has 0 atom stereocenters. The van der Waals surface area contributed by atoms with Crippen molar-refractivity contribution in [1.29, 1.82) is 0 Å². The predicted molar refractivity (Wildman–Crippen MR) is 100.0 cm³/mol. The number of carbonyl (C=O) groups excluding carboxylic acids is 2. The van der Waals surface area contributed by atoms with E-state index in [1.54, 1.807) is 12.1 Å². The average molecular weight is 364 g/mol. The summed E-state index contributed by atoms with van der Waals surface area (Å²) in [5, 5.41) is 3.49. The van der Waals surface area contributed by atoms with Crippen LogP contribution in [0.3, 0.4) is 0 Å². The summed E-state index contributed by atoms with van der Waals surface area (Å²) >= 11 is 6.41. The van der Waals surface area contributed by atoms with Gasteiger partial charge in [-0.3, -0.25) is 9.59 Å². The van der Waals surface area contributed by atoms with E-state index in [1.165, 1.54) is 12.8 Å². The van der Waals surface area contributed by atoms with Crippen LogP contribution in [0.5, 0.6) is 0 Å². The van der Waals surface area contributed by atoms with Crippen LogP contribution in [-0.2, 0) is 4.79 Å². The van der Waals surface area contributed by atoms with Crippen LogP contribution < -0.4 is 16.0 Å². The Morgan fingerprint density at radius 3 is 2.24 bits per heavy atom. The number of nitrogens with two attached hydrogens (primary N) is 1. The SMILES string of the molecule is NC(=O)C1(NC(=O)c2ccc(N3CCCC3)c(Cl)c2)CCCCCC1. The lowest BCUT2D eigenvalue weighted by Crippen LogP contribution is -2.57. The molecular weight excluding hydrogens is 338 g/mol. The van der Waals surface area contributed by atoms with E-state index < -0.39 is 11.4 Å². The minimum Gasteiger partial charge on any atom is -0.370 e. The zero-order chi connectivity index (χ0) is 17.9. The van der Waals surface area contributed by atoms with Gasteiger partial charge >= 0.3 is 0 Å². The number of hydrogen-bond acceptors (Lipinski definition) is 3. The third-order valence-corrected chi connectivity index (χ3v) is 5.74. The maximum Gasteiger partial charge on any atom is 0.252 e. The second-order valence-corrected chi connectivity index (χ2v) is 7.58. The Kier molecular flexibility index (Phi) is 5.52. The summed E-state index contributed by atoms with van der Waals surface area (Å²) in [6.45, 7) is 1.99. The van der Waals surface area contributed by atoms with Gasteiger partial charge in [-0.05, 0) is 43.9 Å². The molecule has 2 amide bonds. The van der Waals surface area contributed by atoms with Crippen LogP contribution in [0, 0.1) is 0 Å². The van der Waals surface area contributed by atoms with Crippen LogP contribution in [0.4, 0.5) is 5.69 Å². The minimum absolute atomic E-state index is 0.282. The normalized spacial score (nSPS) is 20.1. The van der Waals surface area contributed by atoms with E-state index in [2.05, 4.69) is 10.2 Å². The number of anilines is 1. The number of rotatable bonds is 4. The van der Waals surface area contributed by atoms with Crippen LogP contribution in [0.15, 0.2) is 18.2 Å². The molecule has 1 saturated carbocycles. The van der Waals surface area contributed by atoms with Crippen molar-refractivity contribution >= 4 is 29.1 Å². The van der Waals surface area contributed by atoms with Crippen molar-refractivity contribution in [3.8, 4) is 0 Å². The minimum atomic E-state index is -0.937. The maximum atomic E-state index is 12.7. The molecule has 0 aromatic heterocycles. The molecule has 2 aliphatic rings. The van der Waals surface area contributed by atoms with E-state index >= 15 is 0 Å². The lowest BCUT2D eigenvalue weighted by molar-refractivity contribution is -0.124. The van der Waals surface area contributed by atoms with Gasteiger partial charge in [0.2, 0.25) is 5.91 Å². The molecule has 3 N–H and O–H groups in total. The Bertz CT molecular complexity index is 648. The fraction of sp³-hybridized carbons (Fsp3) is 0.579. The summed E-state index contributed by atoms with van der Waals surface area (Å²) in [6, 6.07) is 5.36. The molecule has 3 rings (SSSR count). The van der Waals surface area contributed by atoms with Gasteiger partial charge in [0.1, 0.15) is 5.54 Å². The van der Waals surface area contributed by atoms with Crippen LogP contribution in [0.2, 0.25) is 5.02 Å². The molecule has 1 aromatic carbocycles. The van der Waals surface area contributed by atoms with Crippen molar-refractivity contribution < 1.29 is 9.59 Å². The number of nitrogens with one attached hydrogen (secondary N) is 1. The van der Waals surface area contributed by atoms with Gasteiger partial charge in [-0.25, -0.2) is 0 Å². The van der Waals surface area contributed by atoms with Gasteiger partial charge in [0.15, 0.2) is 0 Å². The van der Waals surface area contributed by atoms with E-state index in [9.17, 15) is 9.59 Å². The monoisotopic (exact) mass is 363 g/mol. The zero-order valence-corrected chi connectivity index (χ0v) is 15.3. The third-order valence-electron chi connectivity index (χ3n) is 5.44. The molecule has 1 heterocycles. The van der Waals surface area contributed by atoms with Gasteiger partial charge in [-0.1, -0.05) is 37.3 Å². The molecule has 1 aromatic rings. The van der Waals surface area contributed by atoms with E-state index in [4.69, 9.17) is 17.3 Å². The van der Waals surface area contributed by atoms with Gasteiger partial charge in [0.05, 0.1) is 10.7 Å². The highest BCUT2D eigenvalue weighted by Crippen LogP contribution is 2.31. The number of benzene rings is 1. The number of amides is 2. The summed E-state index contributed by atoms with van der Waals surface area (Å²) in [6.07, 6.45) is 7.49. The first-order chi connectivity index (χ1) is 12.0. The number of nitrogens with zero attached hydrogens (tertiary/aromatic N) is 1. The molecule has 25 heavy (non-hydrogen) atoms. The van der Waals surface area contributed by atoms with E-state index in [1.807, 2.05) is 6.07 Å². The number of primary amides is 1. The lowest BCUT2D eigenvalue weighted by Gasteiger charge is -2.30. The Labute approximate surface area is 153 Å². The second kappa shape index (κ2) is 7.65. The second-order valence-electron chi connectivity index (χ2n) is 7.18. The van der Waals surface area contributed by atoms with Crippen molar-refractivity contribution in [3.05, 3.63) is 28.8 Å². The molecule has 1 aliphatic heterocycles. The highest BCUT2D eigenvalue weighted by atomic mass is 35.5. The topological polar surface area (TPSA) is 75.4 Å². The van der Waals surface area contributed by atoms with Crippen LogP contribution in [0.1, 0.15) is 61.7 Å². The Hall–Kier alpha value is -1.75. The fourth-order valence-corrected chi connectivity index (χ4v) is 4.22. The van der Waals surface area contributed by atoms with Gasteiger partial charge in [-0.15, -0.1) is 0 Å². The van der Waals surface area contributed by atoms with Crippen molar-refractivity contribution in [2.45, 2.75) is 56.9 Å². The lowest BCUT2D eigenvalue weighted by atomic mass is 9.89. The molecule has 0 unspecified atom stereocenters. The molecule has 5 nitrogen and oxygen atoms in total. The van der Waals surface area contributed by atoms with Crippen molar-refractivity contribution in [2.75, 3.05) is 18.0 Å². The number of hydrogen-bond donors (Lipinski definition) is 2. The first-order valence-corrected chi connectivity index (χ1v) is 9.57. The predicted octanol–water partition coefficient (Wildman–Crippen LogP) is 3.25. The largest absolute Gasteiger partial charge is 0.370 e. The molecule has 6 heteroatoms. The molecule has 136 valence electrons. The van der Waals surface area contributed by atoms with E-state index in [0.717, 1.165) is 44.5 Å². The smallest absolute Gasteiger partial charge is 0.252 e. The van der Waals surface area contributed by atoms with Gasteiger partial charge < -0.3 is 16.0 Å². The molecule has 1 aliphatic carbocycles. The number of halogens is 1. The Morgan fingerprint density at radius 2 is 1.68 bits per heavy atom. The molecule has 2 fully saturated rings. The Balaban J connectivity index is 1.77. The summed E-state index contributed by atoms with van der Waals surface area (Å²) in [4.78, 5) is 27.0. The molecule has 1 saturated heterocycles. The summed E-state index contributed by atoms with van der Waals surface area (Å²) in [5.41, 5.74) is 6.15. The first kappa shape index (κ1) is 18.1. The fourth-order valence-electron chi connectivity index (χ4n) is 3.92. The molecule has 0 bridgehead atoms. The maximum absolute atomic E-state index is 12.7. The highest BCUT2D eigenvalue weighted by molar-refractivity contribution is 6.33. The average Bonchev–Trinajstić information content (AvgIpc) is 3.01. The van der Waals surface area contributed by atoms with Gasteiger partial charge in [-0.2, -0.15) is 0 Å². The van der Waals surface area contributed by atoms with Crippen molar-refractivity contribution in [2.24, 2.45) is 5.73 Å². The highest BCUT2D eigenvalue weighted by Gasteiger charge is 2.38. The molecular formula is C19H26ClN3O2. The number of carbonyl (C=O) groups is 2. The van der Waals surface area contributed by atoms with Gasteiger partial charge in [0, 0.05) is 18.7 Å². The first-order valence-electron chi connectivity index (χ1n) is 9.19. The van der Waals surface area contributed by atoms with E-state index in [0.29, 0.717) is 23.4 Å². The molecule has 0 spiro atoms. The van der Waals surface area contributed by atoms with Crippen LogP contribution in [0.25, 0.3) is 0 Å². The Morgan fingerprint density at radius 1 is 1.04 bits per heavy atom. The molecule has 0 radical (unpaired) electrons. The summed E-state index contributed by atoms with van der Waals surface area (Å²) in [7, 11) is 0. The standard InChI is InChI=1S/C19H26ClN3O2/c20-15-13-14(7-8-16(15)23-11-5-6-12-23)17(24)22-19(18(21)25)9-3-1-2-4-10-19/h7-8,13H,1-6,9-12H2,(H2,21,25)(H,22,24). The van der Waals surface area contributed by atoms with Gasteiger partial charge in [0.25, 0.3) is 5.91 Å². The van der Waals surface area contributed by atoms with Crippen molar-refractivity contribution in [3.63, 3.8) is 0 Å².